The van der Waals surface area contributed by atoms with Crippen molar-refractivity contribution in [2.75, 3.05) is 58.9 Å². The molecule has 1 aliphatic rings. The minimum absolute atomic E-state index is 0.766. The highest BCUT2D eigenvalue weighted by Crippen LogP contribution is 2.26. The molecule has 4 heteroatoms. The molecule has 0 aromatic carbocycles. The lowest BCUT2D eigenvalue weighted by Crippen LogP contribution is -2.48. The molecule has 2 unspecified atom stereocenters. The molecule has 138 valence electrons. The standard InChI is InChI=1S/C19H42N4/c1-5-22(6-2)15-9-13-20-17-18-11-12-19(18)21-14-10-16-23(7-3)8-4/h18-21H,5-17H2,1-4H3. The quantitative estimate of drug-likeness (QED) is 0.453. The van der Waals surface area contributed by atoms with Crippen molar-refractivity contribution in [3.05, 3.63) is 0 Å². The van der Waals surface area contributed by atoms with E-state index >= 15 is 0 Å². The Kier molecular flexibility index (Phi) is 12.0. The van der Waals surface area contributed by atoms with Crippen molar-refractivity contribution in [1.29, 1.82) is 0 Å². The van der Waals surface area contributed by atoms with Crippen LogP contribution < -0.4 is 10.6 Å². The first-order chi connectivity index (χ1) is 11.2. The predicted molar refractivity (Wildman–Crippen MR) is 102 cm³/mol. The van der Waals surface area contributed by atoms with Crippen LogP contribution in [0.15, 0.2) is 0 Å². The van der Waals surface area contributed by atoms with Gasteiger partial charge in [0.25, 0.3) is 0 Å². The van der Waals surface area contributed by atoms with Gasteiger partial charge in [-0.1, -0.05) is 27.7 Å². The van der Waals surface area contributed by atoms with E-state index in [9.17, 15) is 0 Å². The van der Waals surface area contributed by atoms with E-state index in [0.29, 0.717) is 0 Å². The van der Waals surface area contributed by atoms with Crippen molar-refractivity contribution in [3.8, 4) is 0 Å². The van der Waals surface area contributed by atoms with Gasteiger partial charge in [-0.3, -0.25) is 0 Å². The molecule has 0 amide bonds. The summed E-state index contributed by atoms with van der Waals surface area (Å²) in [5.41, 5.74) is 0. The number of nitrogens with zero attached hydrogens (tertiary/aromatic N) is 2. The van der Waals surface area contributed by atoms with Crippen molar-refractivity contribution in [2.45, 2.75) is 59.4 Å². The summed E-state index contributed by atoms with van der Waals surface area (Å²) in [5, 5.41) is 7.45. The van der Waals surface area contributed by atoms with Crippen LogP contribution in [0.5, 0.6) is 0 Å². The fourth-order valence-corrected chi connectivity index (χ4v) is 3.47. The van der Waals surface area contributed by atoms with Gasteiger partial charge in [0.05, 0.1) is 0 Å². The lowest BCUT2D eigenvalue weighted by molar-refractivity contribution is 0.198. The van der Waals surface area contributed by atoms with Crippen LogP contribution in [0, 0.1) is 5.92 Å². The van der Waals surface area contributed by atoms with Gasteiger partial charge in [-0.25, -0.2) is 0 Å². The number of rotatable bonds is 15. The molecule has 4 nitrogen and oxygen atoms in total. The van der Waals surface area contributed by atoms with E-state index < -0.39 is 0 Å². The second-order valence-corrected chi connectivity index (χ2v) is 6.86. The van der Waals surface area contributed by atoms with E-state index in [4.69, 9.17) is 0 Å². The zero-order chi connectivity index (χ0) is 16.9. The molecule has 23 heavy (non-hydrogen) atoms. The molecule has 0 saturated heterocycles. The van der Waals surface area contributed by atoms with Gasteiger partial charge in [0.2, 0.25) is 0 Å². The smallest absolute Gasteiger partial charge is 0.0108 e. The molecule has 1 fully saturated rings. The SMILES string of the molecule is CCN(CC)CCCNCC1CCC1NCCCN(CC)CC. The molecule has 2 atom stereocenters. The van der Waals surface area contributed by atoms with Crippen LogP contribution in [0.4, 0.5) is 0 Å². The van der Waals surface area contributed by atoms with Crippen molar-refractivity contribution in [1.82, 2.24) is 20.4 Å². The van der Waals surface area contributed by atoms with Crippen LogP contribution >= 0.6 is 0 Å². The van der Waals surface area contributed by atoms with E-state index in [2.05, 4.69) is 48.1 Å². The molecule has 0 aliphatic heterocycles. The van der Waals surface area contributed by atoms with Crippen molar-refractivity contribution in [3.63, 3.8) is 0 Å². The maximum atomic E-state index is 3.78. The Balaban J connectivity index is 1.98. The van der Waals surface area contributed by atoms with Crippen LogP contribution in [0.1, 0.15) is 53.4 Å². The third-order valence-corrected chi connectivity index (χ3v) is 5.50. The Morgan fingerprint density at radius 2 is 1.35 bits per heavy atom. The summed E-state index contributed by atoms with van der Waals surface area (Å²) in [6, 6.07) is 0.766. The van der Waals surface area contributed by atoms with E-state index in [1.165, 1.54) is 84.6 Å². The molecule has 1 saturated carbocycles. The number of nitrogens with one attached hydrogen (secondary N) is 2. The van der Waals surface area contributed by atoms with Gasteiger partial charge in [-0.05, 0) is 90.5 Å². The average molecular weight is 327 g/mol. The van der Waals surface area contributed by atoms with Crippen LogP contribution in [0.2, 0.25) is 0 Å². The van der Waals surface area contributed by atoms with Crippen LogP contribution in [-0.2, 0) is 0 Å². The van der Waals surface area contributed by atoms with Gasteiger partial charge in [0.1, 0.15) is 0 Å². The van der Waals surface area contributed by atoms with Crippen molar-refractivity contribution in [2.24, 2.45) is 5.92 Å². The summed E-state index contributed by atoms with van der Waals surface area (Å²) in [6.45, 7) is 19.8. The van der Waals surface area contributed by atoms with Gasteiger partial charge in [-0.15, -0.1) is 0 Å². The molecule has 0 spiro atoms. The molecule has 0 aromatic rings. The summed E-state index contributed by atoms with van der Waals surface area (Å²) in [6.07, 6.45) is 5.33. The minimum Gasteiger partial charge on any atom is -0.316 e. The zero-order valence-electron chi connectivity index (χ0n) is 16.2. The fraction of sp³-hybridized carbons (Fsp3) is 1.00. The predicted octanol–water partition coefficient (Wildman–Crippen LogP) is 2.41. The Morgan fingerprint density at radius 3 is 1.83 bits per heavy atom. The normalized spacial score (nSPS) is 21.1. The molecule has 2 N–H and O–H groups in total. The highest BCUT2D eigenvalue weighted by Gasteiger charge is 2.29. The highest BCUT2D eigenvalue weighted by atomic mass is 15.1. The molecule has 0 heterocycles. The first kappa shape index (κ1) is 20.9. The molecule has 0 aromatic heterocycles. The van der Waals surface area contributed by atoms with Crippen molar-refractivity contribution < 1.29 is 0 Å². The van der Waals surface area contributed by atoms with Crippen LogP contribution in [0.25, 0.3) is 0 Å². The van der Waals surface area contributed by atoms with Gasteiger partial charge >= 0.3 is 0 Å². The summed E-state index contributed by atoms with van der Waals surface area (Å²) in [7, 11) is 0. The van der Waals surface area contributed by atoms with E-state index in [-0.39, 0.29) is 0 Å². The van der Waals surface area contributed by atoms with Crippen molar-refractivity contribution >= 4 is 0 Å². The first-order valence-corrected chi connectivity index (χ1v) is 10.1. The van der Waals surface area contributed by atoms with E-state index in [1.54, 1.807) is 0 Å². The zero-order valence-corrected chi connectivity index (χ0v) is 16.2. The summed E-state index contributed by atoms with van der Waals surface area (Å²) < 4.78 is 0. The molecule has 1 rings (SSSR count). The second kappa shape index (κ2) is 13.2. The molecular formula is C19H42N4. The lowest BCUT2D eigenvalue weighted by atomic mass is 9.79. The van der Waals surface area contributed by atoms with Gasteiger partial charge in [-0.2, -0.15) is 0 Å². The molecular weight excluding hydrogens is 284 g/mol. The Hall–Kier alpha value is -0.160. The lowest BCUT2D eigenvalue weighted by Gasteiger charge is -2.38. The maximum absolute atomic E-state index is 3.78. The Labute approximate surface area is 145 Å². The van der Waals surface area contributed by atoms with Gasteiger partial charge < -0.3 is 20.4 Å². The van der Waals surface area contributed by atoms with Crippen LogP contribution in [0.3, 0.4) is 0 Å². The second-order valence-electron chi connectivity index (χ2n) is 6.86. The number of hydrogen-bond acceptors (Lipinski definition) is 4. The molecule has 1 aliphatic carbocycles. The molecule has 0 bridgehead atoms. The topological polar surface area (TPSA) is 30.5 Å². The summed E-state index contributed by atoms with van der Waals surface area (Å²) in [5.74, 6) is 0.858. The fourth-order valence-electron chi connectivity index (χ4n) is 3.47. The first-order valence-electron chi connectivity index (χ1n) is 10.1. The number of hydrogen-bond donors (Lipinski definition) is 2. The van der Waals surface area contributed by atoms with E-state index in [0.717, 1.165) is 12.0 Å². The molecule has 0 radical (unpaired) electrons. The largest absolute Gasteiger partial charge is 0.316 e. The monoisotopic (exact) mass is 326 g/mol. The maximum Gasteiger partial charge on any atom is 0.0108 e. The van der Waals surface area contributed by atoms with Crippen LogP contribution in [-0.4, -0.2) is 74.7 Å². The third-order valence-electron chi connectivity index (χ3n) is 5.50. The Morgan fingerprint density at radius 1 is 0.783 bits per heavy atom. The van der Waals surface area contributed by atoms with E-state index in [1.807, 2.05) is 0 Å². The van der Waals surface area contributed by atoms with Gasteiger partial charge in [0.15, 0.2) is 0 Å². The highest BCUT2D eigenvalue weighted by molar-refractivity contribution is 4.88. The minimum atomic E-state index is 0.766. The third kappa shape index (κ3) is 8.48. The van der Waals surface area contributed by atoms with Gasteiger partial charge in [0, 0.05) is 6.04 Å². The summed E-state index contributed by atoms with van der Waals surface area (Å²) in [4.78, 5) is 5.02. The Bertz CT molecular complexity index is 264. The average Bonchev–Trinajstić information content (AvgIpc) is 2.56. The summed E-state index contributed by atoms with van der Waals surface area (Å²) >= 11 is 0.